The van der Waals surface area contributed by atoms with Crippen LogP contribution < -0.4 is 10.1 Å². The van der Waals surface area contributed by atoms with E-state index < -0.39 is 0 Å². The summed E-state index contributed by atoms with van der Waals surface area (Å²) < 4.78 is 5.26. The van der Waals surface area contributed by atoms with E-state index in [1.165, 1.54) is 17.3 Å². The highest BCUT2D eigenvalue weighted by Gasteiger charge is 2.30. The maximum atomic E-state index is 12.1. The average molecular weight is 353 g/mol. The largest absolute Gasteiger partial charge is 0.496 e. The number of nitrogens with one attached hydrogen (secondary N) is 1. The van der Waals surface area contributed by atoms with Gasteiger partial charge in [-0.15, -0.1) is 5.10 Å². The van der Waals surface area contributed by atoms with Gasteiger partial charge in [0.2, 0.25) is 5.91 Å². The van der Waals surface area contributed by atoms with E-state index in [-0.39, 0.29) is 11.2 Å². The van der Waals surface area contributed by atoms with E-state index in [1.54, 1.807) is 13.3 Å². The van der Waals surface area contributed by atoms with Crippen molar-refractivity contribution in [2.45, 2.75) is 18.6 Å². The molecule has 3 rings (SSSR count). The Kier molecular flexibility index (Phi) is 5.50. The number of nitrogens with zero attached hydrogens (tertiary/aromatic N) is 2. The zero-order valence-corrected chi connectivity index (χ0v) is 14.9. The van der Waals surface area contributed by atoms with Crippen molar-refractivity contribution in [2.24, 2.45) is 10.2 Å². The number of carbonyl (C=O) groups is 1. The molecule has 0 saturated carbocycles. The first-order valence-corrected chi connectivity index (χ1v) is 8.81. The highest BCUT2D eigenvalue weighted by atomic mass is 32.2. The van der Waals surface area contributed by atoms with E-state index in [0.29, 0.717) is 11.6 Å². The van der Waals surface area contributed by atoms with Crippen LogP contribution in [0.3, 0.4) is 0 Å². The number of thioether (sulfide) groups is 1. The molecule has 1 atom stereocenters. The minimum absolute atomic E-state index is 0.0307. The molecule has 0 aromatic heterocycles. The van der Waals surface area contributed by atoms with Crippen LogP contribution in [0.25, 0.3) is 0 Å². The van der Waals surface area contributed by atoms with Gasteiger partial charge in [-0.05, 0) is 31.0 Å². The third-order valence-electron chi connectivity index (χ3n) is 3.80. The van der Waals surface area contributed by atoms with Gasteiger partial charge in [0.05, 0.1) is 18.6 Å². The van der Waals surface area contributed by atoms with Crippen LogP contribution in [0.2, 0.25) is 0 Å². The Morgan fingerprint density at radius 2 is 1.96 bits per heavy atom. The number of aryl methyl sites for hydroxylation is 1. The molecule has 25 heavy (non-hydrogen) atoms. The molecule has 1 aliphatic heterocycles. The van der Waals surface area contributed by atoms with Crippen LogP contribution in [0, 0.1) is 6.92 Å². The normalized spacial score (nSPS) is 18.7. The van der Waals surface area contributed by atoms with Gasteiger partial charge in [-0.1, -0.05) is 53.7 Å². The van der Waals surface area contributed by atoms with E-state index in [2.05, 4.69) is 39.8 Å². The Hall–Kier alpha value is -2.60. The van der Waals surface area contributed by atoms with E-state index in [9.17, 15) is 4.79 Å². The molecule has 2 aromatic rings. The van der Waals surface area contributed by atoms with Crippen molar-refractivity contribution in [3.63, 3.8) is 0 Å². The molecule has 0 radical (unpaired) electrons. The Bertz CT molecular complexity index is 816. The molecular formula is C19H19N3O2S. The fraction of sp³-hybridized carbons (Fsp3) is 0.211. The smallest absolute Gasteiger partial charge is 0.239 e. The Morgan fingerprint density at radius 1 is 1.20 bits per heavy atom. The molecule has 5 nitrogen and oxygen atoms in total. The molecule has 0 unspecified atom stereocenters. The van der Waals surface area contributed by atoms with Gasteiger partial charge in [0.25, 0.3) is 0 Å². The Labute approximate surface area is 151 Å². The van der Waals surface area contributed by atoms with Crippen molar-refractivity contribution < 1.29 is 9.53 Å². The fourth-order valence-electron chi connectivity index (χ4n) is 2.44. The zero-order valence-electron chi connectivity index (χ0n) is 14.1. The number of rotatable bonds is 5. The Morgan fingerprint density at radius 3 is 2.72 bits per heavy atom. The maximum absolute atomic E-state index is 12.1. The fourth-order valence-corrected chi connectivity index (χ4v) is 3.41. The molecule has 0 spiro atoms. The number of benzene rings is 2. The highest BCUT2D eigenvalue weighted by Crippen LogP contribution is 2.23. The van der Waals surface area contributed by atoms with Crippen molar-refractivity contribution in [1.82, 2.24) is 5.32 Å². The standard InChI is InChI=1S/C19H19N3O2S/c1-13-7-9-14(10-8-13)11-17-18(23)21-19(25-17)22-20-12-15-5-3-4-6-16(15)24-2/h3-10,12,17H,11H2,1-2H3,(H,21,22,23)/b20-12-/t17-/m0/s1. The molecule has 1 amide bonds. The monoisotopic (exact) mass is 353 g/mol. The van der Waals surface area contributed by atoms with Crippen molar-refractivity contribution in [2.75, 3.05) is 7.11 Å². The third-order valence-corrected chi connectivity index (χ3v) is 4.87. The molecule has 0 bridgehead atoms. The van der Waals surface area contributed by atoms with Gasteiger partial charge in [0.1, 0.15) is 5.75 Å². The average Bonchev–Trinajstić information content (AvgIpc) is 2.97. The number of hydrogen-bond donors (Lipinski definition) is 1. The van der Waals surface area contributed by atoms with Gasteiger partial charge in [-0.3, -0.25) is 4.79 Å². The summed E-state index contributed by atoms with van der Waals surface area (Å²) in [4.78, 5) is 12.1. The topological polar surface area (TPSA) is 63.1 Å². The lowest BCUT2D eigenvalue weighted by Gasteiger charge is -2.05. The van der Waals surface area contributed by atoms with E-state index in [1.807, 2.05) is 31.2 Å². The van der Waals surface area contributed by atoms with Crippen molar-refractivity contribution >= 4 is 29.1 Å². The Balaban J connectivity index is 1.64. The summed E-state index contributed by atoms with van der Waals surface area (Å²) >= 11 is 1.41. The summed E-state index contributed by atoms with van der Waals surface area (Å²) in [7, 11) is 1.61. The molecule has 1 aliphatic rings. The van der Waals surface area contributed by atoms with Gasteiger partial charge >= 0.3 is 0 Å². The minimum Gasteiger partial charge on any atom is -0.496 e. The third kappa shape index (κ3) is 4.48. The van der Waals surface area contributed by atoms with Crippen molar-refractivity contribution in [3.05, 3.63) is 65.2 Å². The van der Waals surface area contributed by atoms with Crippen LogP contribution in [-0.2, 0) is 11.2 Å². The number of ether oxygens (including phenoxy) is 1. The first kappa shape index (κ1) is 17.2. The number of methoxy groups -OCH3 is 1. The van der Waals surface area contributed by atoms with Gasteiger partial charge in [-0.25, -0.2) is 0 Å². The highest BCUT2D eigenvalue weighted by molar-refractivity contribution is 8.15. The van der Waals surface area contributed by atoms with Crippen LogP contribution in [0.15, 0.2) is 58.7 Å². The molecule has 128 valence electrons. The van der Waals surface area contributed by atoms with E-state index in [0.717, 1.165) is 16.9 Å². The number of para-hydroxylation sites is 1. The predicted molar refractivity (Wildman–Crippen MR) is 102 cm³/mol. The summed E-state index contributed by atoms with van der Waals surface area (Å²) in [5, 5.41) is 11.3. The molecule has 1 N–H and O–H groups in total. The molecule has 1 saturated heterocycles. The lowest BCUT2D eigenvalue weighted by molar-refractivity contribution is -0.118. The summed E-state index contributed by atoms with van der Waals surface area (Å²) in [6, 6.07) is 15.8. The van der Waals surface area contributed by atoms with E-state index in [4.69, 9.17) is 4.74 Å². The maximum Gasteiger partial charge on any atom is 0.239 e. The van der Waals surface area contributed by atoms with Crippen LogP contribution in [0.4, 0.5) is 0 Å². The molecule has 1 fully saturated rings. The lowest BCUT2D eigenvalue weighted by atomic mass is 10.1. The first-order valence-electron chi connectivity index (χ1n) is 7.93. The summed E-state index contributed by atoms with van der Waals surface area (Å²) in [5.74, 6) is 0.698. The van der Waals surface area contributed by atoms with Crippen LogP contribution in [0.1, 0.15) is 16.7 Å². The summed E-state index contributed by atoms with van der Waals surface area (Å²) in [6.07, 6.45) is 2.29. The van der Waals surface area contributed by atoms with E-state index >= 15 is 0 Å². The first-order chi connectivity index (χ1) is 12.2. The SMILES string of the molecule is COc1ccccc1/C=N\N=C1/NC(=O)[C@H](Cc2ccc(C)cc2)S1. The quantitative estimate of drug-likeness (QED) is 0.663. The van der Waals surface area contributed by atoms with Gasteiger partial charge < -0.3 is 10.1 Å². The lowest BCUT2D eigenvalue weighted by Crippen LogP contribution is -2.25. The summed E-state index contributed by atoms with van der Waals surface area (Å²) in [6.45, 7) is 2.05. The van der Waals surface area contributed by atoms with Crippen molar-refractivity contribution in [3.8, 4) is 5.75 Å². The molecule has 1 heterocycles. The molecular weight excluding hydrogens is 334 g/mol. The molecule has 6 heteroatoms. The minimum atomic E-state index is -0.178. The number of amidine groups is 1. The second-order valence-electron chi connectivity index (χ2n) is 5.68. The molecule has 2 aromatic carbocycles. The van der Waals surface area contributed by atoms with Gasteiger partial charge in [-0.2, -0.15) is 5.10 Å². The number of hydrogen-bond acceptors (Lipinski definition) is 5. The number of amides is 1. The van der Waals surface area contributed by atoms with Gasteiger partial charge in [0, 0.05) is 5.56 Å². The number of carbonyl (C=O) groups excluding carboxylic acids is 1. The second kappa shape index (κ2) is 7.98. The van der Waals surface area contributed by atoms with Crippen LogP contribution >= 0.6 is 11.8 Å². The van der Waals surface area contributed by atoms with Gasteiger partial charge in [0.15, 0.2) is 5.17 Å². The molecule has 0 aliphatic carbocycles. The van der Waals surface area contributed by atoms with Crippen LogP contribution in [0.5, 0.6) is 5.75 Å². The predicted octanol–water partition coefficient (Wildman–Crippen LogP) is 3.17. The summed E-state index contributed by atoms with van der Waals surface area (Å²) in [5.41, 5.74) is 3.18. The second-order valence-corrected chi connectivity index (χ2v) is 6.87. The van der Waals surface area contributed by atoms with Crippen molar-refractivity contribution in [1.29, 1.82) is 0 Å². The van der Waals surface area contributed by atoms with Crippen LogP contribution in [-0.4, -0.2) is 29.6 Å². The zero-order chi connectivity index (χ0) is 17.6.